The van der Waals surface area contributed by atoms with E-state index in [-0.39, 0.29) is 0 Å². The molecule has 0 amide bonds. The maximum Gasteiger partial charge on any atom is 0.0663 e. The molecule has 0 unspecified atom stereocenters. The lowest BCUT2D eigenvalue weighted by atomic mass is 10.0. The Bertz CT molecular complexity index is 202. The zero-order valence-corrected chi connectivity index (χ0v) is 7.78. The van der Waals surface area contributed by atoms with E-state index in [2.05, 4.69) is 13.2 Å². The first-order valence-corrected chi connectivity index (χ1v) is 3.85. The summed E-state index contributed by atoms with van der Waals surface area (Å²) in [7, 11) is 0. The summed E-state index contributed by atoms with van der Waals surface area (Å²) < 4.78 is 0. The van der Waals surface area contributed by atoms with E-state index < -0.39 is 0 Å². The van der Waals surface area contributed by atoms with Gasteiger partial charge in [-0.15, -0.1) is 0 Å². The van der Waals surface area contributed by atoms with Crippen LogP contribution in [0.2, 0.25) is 0 Å². The van der Waals surface area contributed by atoms with Crippen LogP contribution in [0.1, 0.15) is 13.8 Å². The molecule has 0 heterocycles. The van der Waals surface area contributed by atoms with Crippen molar-refractivity contribution in [2.24, 2.45) is 11.7 Å². The molecule has 0 saturated carbocycles. The Kier molecular flexibility index (Phi) is 3.98. The summed E-state index contributed by atoms with van der Waals surface area (Å²) in [5.41, 5.74) is 6.76. The van der Waals surface area contributed by atoms with Crippen molar-refractivity contribution in [1.29, 1.82) is 0 Å². The van der Waals surface area contributed by atoms with Crippen molar-refractivity contribution in [3.63, 3.8) is 0 Å². The molecule has 0 fully saturated rings. The number of allylic oxidation sites excluding steroid dienone is 3. The fourth-order valence-electron chi connectivity index (χ4n) is 0.764. The fraction of sp³-hybridized carbons (Fsp3) is 0.333. The molecule has 1 nitrogen and oxygen atoms in total. The molecule has 62 valence electrons. The average Bonchev–Trinajstić information content (AvgIpc) is 1.88. The van der Waals surface area contributed by atoms with Gasteiger partial charge < -0.3 is 5.73 Å². The van der Waals surface area contributed by atoms with Crippen molar-refractivity contribution in [2.75, 3.05) is 0 Å². The van der Waals surface area contributed by atoms with Crippen LogP contribution in [0.15, 0.2) is 35.5 Å². The topological polar surface area (TPSA) is 26.0 Å². The van der Waals surface area contributed by atoms with E-state index in [4.69, 9.17) is 17.3 Å². The Labute approximate surface area is 73.2 Å². The highest BCUT2D eigenvalue weighted by Crippen LogP contribution is 2.21. The zero-order valence-electron chi connectivity index (χ0n) is 7.02. The van der Waals surface area contributed by atoms with Crippen LogP contribution in [0, 0.1) is 5.92 Å². The molecule has 2 heteroatoms. The van der Waals surface area contributed by atoms with Gasteiger partial charge in [0.25, 0.3) is 0 Å². The molecular formula is C9H14ClN. The first kappa shape index (κ1) is 10.3. The standard InChI is InChI=1S/C9H14ClN/c1-5-8(6(2)3)9(10)7(4)11/h5-6H,1,4,11H2,2-3H3/b9-8-. The molecule has 0 rings (SSSR count). The number of halogens is 1. The normalized spacial score (nSPS) is 12.7. The van der Waals surface area contributed by atoms with E-state index in [9.17, 15) is 0 Å². The van der Waals surface area contributed by atoms with Gasteiger partial charge in [0.1, 0.15) is 0 Å². The van der Waals surface area contributed by atoms with Gasteiger partial charge in [0.05, 0.1) is 5.03 Å². The summed E-state index contributed by atoms with van der Waals surface area (Å²) in [6, 6.07) is 0. The van der Waals surface area contributed by atoms with Gasteiger partial charge in [-0.25, -0.2) is 0 Å². The van der Waals surface area contributed by atoms with Gasteiger partial charge in [0.15, 0.2) is 0 Å². The molecular weight excluding hydrogens is 158 g/mol. The summed E-state index contributed by atoms with van der Waals surface area (Å²) in [6.07, 6.45) is 1.71. The Hall–Kier alpha value is -0.690. The minimum absolute atomic E-state index is 0.334. The van der Waals surface area contributed by atoms with Crippen LogP contribution in [0.3, 0.4) is 0 Å². The predicted octanol–water partition coefficient (Wildman–Crippen LogP) is 2.79. The lowest BCUT2D eigenvalue weighted by Crippen LogP contribution is -2.01. The highest BCUT2D eigenvalue weighted by atomic mass is 35.5. The average molecular weight is 172 g/mol. The van der Waals surface area contributed by atoms with Crippen LogP contribution in [0.4, 0.5) is 0 Å². The molecule has 0 aromatic heterocycles. The van der Waals surface area contributed by atoms with E-state index in [1.54, 1.807) is 6.08 Å². The number of rotatable bonds is 3. The lowest BCUT2D eigenvalue weighted by molar-refractivity contribution is 0.788. The molecule has 0 aromatic carbocycles. The monoisotopic (exact) mass is 171 g/mol. The van der Waals surface area contributed by atoms with Crippen LogP contribution in [0.25, 0.3) is 0 Å². The van der Waals surface area contributed by atoms with Crippen LogP contribution in [-0.2, 0) is 0 Å². The largest absolute Gasteiger partial charge is 0.398 e. The van der Waals surface area contributed by atoms with E-state index in [0.29, 0.717) is 16.6 Å². The predicted molar refractivity (Wildman–Crippen MR) is 51.2 cm³/mol. The van der Waals surface area contributed by atoms with E-state index in [1.807, 2.05) is 13.8 Å². The van der Waals surface area contributed by atoms with Crippen LogP contribution in [0.5, 0.6) is 0 Å². The van der Waals surface area contributed by atoms with E-state index in [0.717, 1.165) is 5.57 Å². The quantitative estimate of drug-likeness (QED) is 0.650. The summed E-state index contributed by atoms with van der Waals surface area (Å²) >= 11 is 5.86. The minimum Gasteiger partial charge on any atom is -0.398 e. The van der Waals surface area contributed by atoms with Crippen LogP contribution in [-0.4, -0.2) is 0 Å². The number of hydrogen-bond donors (Lipinski definition) is 1. The van der Waals surface area contributed by atoms with Gasteiger partial charge in [-0.2, -0.15) is 0 Å². The minimum atomic E-state index is 0.334. The van der Waals surface area contributed by atoms with Gasteiger partial charge in [-0.1, -0.05) is 44.7 Å². The first-order valence-electron chi connectivity index (χ1n) is 3.47. The molecule has 11 heavy (non-hydrogen) atoms. The smallest absolute Gasteiger partial charge is 0.0663 e. The van der Waals surface area contributed by atoms with Gasteiger partial charge in [-0.3, -0.25) is 0 Å². The van der Waals surface area contributed by atoms with Gasteiger partial charge in [-0.05, 0) is 11.5 Å². The van der Waals surface area contributed by atoms with Crippen LogP contribution < -0.4 is 5.73 Å². The lowest BCUT2D eigenvalue weighted by Gasteiger charge is -2.09. The molecule has 0 spiro atoms. The molecule has 2 N–H and O–H groups in total. The summed E-state index contributed by atoms with van der Waals surface area (Å²) in [4.78, 5) is 0. The molecule has 0 aromatic rings. The maximum absolute atomic E-state index is 5.86. The van der Waals surface area contributed by atoms with E-state index >= 15 is 0 Å². The van der Waals surface area contributed by atoms with E-state index in [1.165, 1.54) is 0 Å². The van der Waals surface area contributed by atoms with Gasteiger partial charge >= 0.3 is 0 Å². The molecule has 0 aliphatic rings. The molecule has 0 bridgehead atoms. The molecule has 0 aliphatic heterocycles. The highest BCUT2D eigenvalue weighted by molar-refractivity contribution is 6.32. The third-order valence-electron chi connectivity index (χ3n) is 1.38. The highest BCUT2D eigenvalue weighted by Gasteiger charge is 2.05. The third kappa shape index (κ3) is 2.81. The van der Waals surface area contributed by atoms with Crippen molar-refractivity contribution >= 4 is 11.6 Å². The maximum atomic E-state index is 5.86. The molecule has 0 radical (unpaired) electrons. The van der Waals surface area contributed by atoms with Crippen molar-refractivity contribution in [2.45, 2.75) is 13.8 Å². The van der Waals surface area contributed by atoms with Gasteiger partial charge in [0.2, 0.25) is 0 Å². The zero-order chi connectivity index (χ0) is 9.02. The van der Waals surface area contributed by atoms with Crippen LogP contribution >= 0.6 is 11.6 Å². The second kappa shape index (κ2) is 4.24. The summed E-state index contributed by atoms with van der Waals surface area (Å²) in [6.45, 7) is 11.3. The fourth-order valence-corrected chi connectivity index (χ4v) is 1.06. The van der Waals surface area contributed by atoms with Crippen molar-refractivity contribution in [3.05, 3.63) is 35.5 Å². The summed E-state index contributed by atoms with van der Waals surface area (Å²) in [5.74, 6) is 0.334. The van der Waals surface area contributed by atoms with Gasteiger partial charge in [0, 0.05) is 5.70 Å². The molecule has 0 atom stereocenters. The summed E-state index contributed by atoms with van der Waals surface area (Å²) in [5, 5.41) is 0.523. The van der Waals surface area contributed by atoms with Crippen molar-refractivity contribution < 1.29 is 0 Å². The molecule has 0 saturated heterocycles. The Balaban J connectivity index is 4.83. The molecule has 0 aliphatic carbocycles. The number of nitrogens with two attached hydrogens (primary N) is 1. The second-order valence-electron chi connectivity index (χ2n) is 2.65. The Morgan fingerprint density at radius 2 is 2.00 bits per heavy atom. The second-order valence-corrected chi connectivity index (χ2v) is 3.03. The third-order valence-corrected chi connectivity index (χ3v) is 1.84. The van der Waals surface area contributed by atoms with Crippen molar-refractivity contribution in [3.8, 4) is 0 Å². The Morgan fingerprint density at radius 1 is 1.55 bits per heavy atom. The SMILES string of the molecule is C=C/C(=C(/Cl)C(=C)N)C(C)C. The van der Waals surface area contributed by atoms with Crippen molar-refractivity contribution in [1.82, 2.24) is 0 Å². The first-order chi connectivity index (χ1) is 5.00. The number of hydrogen-bond acceptors (Lipinski definition) is 1. The Morgan fingerprint density at radius 3 is 2.09 bits per heavy atom.